The molecule has 4 rings (SSSR count). The molecule has 4 heteroatoms. The van der Waals surface area contributed by atoms with Crippen molar-refractivity contribution in [1.29, 1.82) is 0 Å². The number of benzene rings is 1. The number of ketones is 2. The van der Waals surface area contributed by atoms with Crippen LogP contribution >= 0.6 is 11.3 Å². The number of thiophene rings is 1. The standard InChI is InChI=1S/C16H8O3S/c17-14-9-4-1-2-5-10(9)15(18)16-13(14)11(8-19-16)12-6-3-7-20-12/h1-8H. The molecule has 3 aromatic rings. The van der Waals surface area contributed by atoms with Crippen LogP contribution in [0.15, 0.2) is 52.5 Å². The van der Waals surface area contributed by atoms with Gasteiger partial charge in [-0.3, -0.25) is 9.59 Å². The van der Waals surface area contributed by atoms with Gasteiger partial charge in [-0.2, -0.15) is 0 Å². The summed E-state index contributed by atoms with van der Waals surface area (Å²) in [7, 11) is 0. The van der Waals surface area contributed by atoms with E-state index in [1.165, 1.54) is 17.6 Å². The monoisotopic (exact) mass is 280 g/mol. The van der Waals surface area contributed by atoms with Gasteiger partial charge in [-0.05, 0) is 11.4 Å². The van der Waals surface area contributed by atoms with E-state index in [1.807, 2.05) is 17.5 Å². The van der Waals surface area contributed by atoms with E-state index >= 15 is 0 Å². The second kappa shape index (κ2) is 4.02. The lowest BCUT2D eigenvalue weighted by atomic mass is 9.86. The van der Waals surface area contributed by atoms with Crippen molar-refractivity contribution in [3.05, 3.63) is 70.5 Å². The van der Waals surface area contributed by atoms with E-state index in [0.29, 0.717) is 22.3 Å². The van der Waals surface area contributed by atoms with Crippen molar-refractivity contribution in [3.63, 3.8) is 0 Å². The molecule has 3 nitrogen and oxygen atoms in total. The zero-order valence-corrected chi connectivity index (χ0v) is 11.1. The summed E-state index contributed by atoms with van der Waals surface area (Å²) in [6.07, 6.45) is 1.50. The minimum absolute atomic E-state index is 0.146. The number of rotatable bonds is 1. The number of hydrogen-bond donors (Lipinski definition) is 0. The lowest BCUT2D eigenvalue weighted by Crippen LogP contribution is -2.19. The van der Waals surface area contributed by atoms with Gasteiger partial charge in [0.2, 0.25) is 5.78 Å². The Hall–Kier alpha value is -2.46. The van der Waals surface area contributed by atoms with Crippen LogP contribution in [0.25, 0.3) is 10.4 Å². The third kappa shape index (κ3) is 1.39. The van der Waals surface area contributed by atoms with Crippen LogP contribution in [0.2, 0.25) is 0 Å². The topological polar surface area (TPSA) is 47.3 Å². The Morgan fingerprint density at radius 3 is 2.30 bits per heavy atom. The first kappa shape index (κ1) is 11.4. The predicted molar refractivity (Wildman–Crippen MR) is 75.3 cm³/mol. The molecule has 0 atom stereocenters. The summed E-state index contributed by atoms with van der Waals surface area (Å²) in [6.45, 7) is 0. The van der Waals surface area contributed by atoms with E-state index in [9.17, 15) is 9.59 Å². The normalized spacial score (nSPS) is 13.2. The van der Waals surface area contributed by atoms with E-state index in [-0.39, 0.29) is 17.3 Å². The molecule has 0 unspecified atom stereocenters. The Morgan fingerprint density at radius 2 is 1.60 bits per heavy atom. The fourth-order valence-corrected chi connectivity index (χ4v) is 3.24. The lowest BCUT2D eigenvalue weighted by molar-refractivity contribution is 0.0960. The Kier molecular flexibility index (Phi) is 2.28. The van der Waals surface area contributed by atoms with Gasteiger partial charge in [-0.15, -0.1) is 11.3 Å². The summed E-state index contributed by atoms with van der Waals surface area (Å²) < 4.78 is 5.39. The van der Waals surface area contributed by atoms with Crippen molar-refractivity contribution >= 4 is 22.9 Å². The van der Waals surface area contributed by atoms with Crippen molar-refractivity contribution in [2.45, 2.75) is 0 Å². The first-order valence-corrected chi connectivity index (χ1v) is 6.99. The lowest BCUT2D eigenvalue weighted by Gasteiger charge is -2.13. The molecule has 0 saturated heterocycles. The first-order chi connectivity index (χ1) is 9.77. The van der Waals surface area contributed by atoms with Crippen LogP contribution in [0, 0.1) is 0 Å². The van der Waals surface area contributed by atoms with Crippen molar-refractivity contribution in [3.8, 4) is 10.4 Å². The number of fused-ring (bicyclic) bond motifs is 2. The number of hydrogen-bond acceptors (Lipinski definition) is 4. The molecule has 2 aromatic heterocycles. The van der Waals surface area contributed by atoms with Crippen LogP contribution in [0.5, 0.6) is 0 Å². The molecule has 0 spiro atoms. The van der Waals surface area contributed by atoms with Gasteiger partial charge in [0.25, 0.3) is 0 Å². The SMILES string of the molecule is O=C1c2ccccc2C(=O)c2c(-c3cccs3)coc21. The molecule has 0 bridgehead atoms. The molecule has 2 heterocycles. The first-order valence-electron chi connectivity index (χ1n) is 6.11. The predicted octanol–water partition coefficient (Wildman–Crippen LogP) is 3.78. The molecule has 0 N–H and O–H groups in total. The maximum atomic E-state index is 12.6. The van der Waals surface area contributed by atoms with Crippen LogP contribution in [0.3, 0.4) is 0 Å². The summed E-state index contributed by atoms with van der Waals surface area (Å²) in [5.41, 5.74) is 1.94. The molecule has 0 aliphatic heterocycles. The Labute approximate surface area is 118 Å². The molecule has 0 amide bonds. The maximum Gasteiger partial charge on any atom is 0.229 e. The van der Waals surface area contributed by atoms with Gasteiger partial charge in [0.1, 0.15) is 6.26 Å². The molecule has 1 aromatic carbocycles. The zero-order chi connectivity index (χ0) is 13.7. The van der Waals surface area contributed by atoms with Gasteiger partial charge in [0, 0.05) is 21.6 Å². The van der Waals surface area contributed by atoms with Crippen LogP contribution in [-0.4, -0.2) is 11.6 Å². The second-order valence-corrected chi connectivity index (χ2v) is 5.48. The zero-order valence-electron chi connectivity index (χ0n) is 10.3. The van der Waals surface area contributed by atoms with Crippen molar-refractivity contribution in [1.82, 2.24) is 0 Å². The van der Waals surface area contributed by atoms with E-state index in [1.54, 1.807) is 24.3 Å². The van der Waals surface area contributed by atoms with Crippen molar-refractivity contribution in [2.75, 3.05) is 0 Å². The van der Waals surface area contributed by atoms with Gasteiger partial charge in [0.15, 0.2) is 11.5 Å². The largest absolute Gasteiger partial charge is 0.459 e. The fraction of sp³-hybridized carbons (Fsp3) is 0. The summed E-state index contributed by atoms with van der Waals surface area (Å²) in [5.74, 6) is -0.220. The van der Waals surface area contributed by atoms with Crippen LogP contribution in [0.1, 0.15) is 32.0 Å². The van der Waals surface area contributed by atoms with E-state index in [4.69, 9.17) is 4.42 Å². The summed E-state index contributed by atoms with van der Waals surface area (Å²) in [5, 5.41) is 1.93. The third-order valence-corrected chi connectivity index (χ3v) is 4.33. The molecule has 1 aliphatic rings. The fourth-order valence-electron chi connectivity index (χ4n) is 2.50. The molecular formula is C16H8O3S. The Morgan fingerprint density at radius 1 is 0.850 bits per heavy atom. The number of carbonyl (C=O) groups excluding carboxylic acids is 2. The van der Waals surface area contributed by atoms with Gasteiger partial charge >= 0.3 is 0 Å². The Balaban J connectivity index is 2.00. The maximum absolute atomic E-state index is 12.6. The second-order valence-electron chi connectivity index (χ2n) is 4.53. The molecule has 1 aliphatic carbocycles. The van der Waals surface area contributed by atoms with Crippen LogP contribution in [-0.2, 0) is 0 Å². The number of furan rings is 1. The summed E-state index contributed by atoms with van der Waals surface area (Å²) in [4.78, 5) is 25.9. The van der Waals surface area contributed by atoms with E-state index in [0.717, 1.165) is 4.88 Å². The molecule has 0 fully saturated rings. The number of carbonyl (C=O) groups is 2. The molecule has 20 heavy (non-hydrogen) atoms. The minimum atomic E-state index is -0.224. The van der Waals surface area contributed by atoms with Gasteiger partial charge in [-0.1, -0.05) is 30.3 Å². The average molecular weight is 280 g/mol. The summed E-state index contributed by atoms with van der Waals surface area (Å²) in [6, 6.07) is 10.7. The Bertz CT molecular complexity index is 840. The highest BCUT2D eigenvalue weighted by molar-refractivity contribution is 7.13. The van der Waals surface area contributed by atoms with Gasteiger partial charge < -0.3 is 4.42 Å². The van der Waals surface area contributed by atoms with Crippen LogP contribution < -0.4 is 0 Å². The van der Waals surface area contributed by atoms with E-state index < -0.39 is 0 Å². The smallest absolute Gasteiger partial charge is 0.229 e. The van der Waals surface area contributed by atoms with E-state index in [2.05, 4.69) is 0 Å². The molecule has 96 valence electrons. The summed E-state index contributed by atoms with van der Waals surface area (Å²) >= 11 is 1.51. The quantitative estimate of drug-likeness (QED) is 0.533. The molecule has 0 radical (unpaired) electrons. The molecule has 0 saturated carbocycles. The van der Waals surface area contributed by atoms with Gasteiger partial charge in [0.05, 0.1) is 5.56 Å². The third-order valence-electron chi connectivity index (χ3n) is 3.43. The average Bonchev–Trinajstić information content (AvgIpc) is 3.13. The highest BCUT2D eigenvalue weighted by atomic mass is 32.1. The highest BCUT2D eigenvalue weighted by Gasteiger charge is 2.35. The minimum Gasteiger partial charge on any atom is -0.459 e. The van der Waals surface area contributed by atoms with Crippen molar-refractivity contribution in [2.24, 2.45) is 0 Å². The van der Waals surface area contributed by atoms with Crippen LogP contribution in [0.4, 0.5) is 0 Å². The van der Waals surface area contributed by atoms with Gasteiger partial charge in [-0.25, -0.2) is 0 Å². The highest BCUT2D eigenvalue weighted by Crippen LogP contribution is 2.37. The molecular weight excluding hydrogens is 272 g/mol. The van der Waals surface area contributed by atoms with Crippen molar-refractivity contribution < 1.29 is 14.0 Å².